The van der Waals surface area contributed by atoms with Crippen molar-refractivity contribution in [2.75, 3.05) is 26.4 Å². The molecule has 0 fully saturated rings. The van der Waals surface area contributed by atoms with E-state index in [0.717, 1.165) is 64.2 Å². The molecular formula is C79H150NO8P. The number of carbonyl (C=O) groups is 2. The monoisotopic (exact) mass is 1270 g/mol. The van der Waals surface area contributed by atoms with Crippen LogP contribution < -0.4 is 5.73 Å². The minimum absolute atomic E-state index is 0.0546. The van der Waals surface area contributed by atoms with Crippen LogP contribution in [0, 0.1) is 0 Å². The van der Waals surface area contributed by atoms with Crippen LogP contribution in [0.5, 0.6) is 0 Å². The van der Waals surface area contributed by atoms with Crippen LogP contribution in [0.3, 0.4) is 0 Å². The Balaban J connectivity index is 3.72. The van der Waals surface area contributed by atoms with Crippen molar-refractivity contribution in [2.45, 2.75) is 418 Å². The van der Waals surface area contributed by atoms with Crippen molar-refractivity contribution in [3.8, 4) is 0 Å². The molecule has 2 unspecified atom stereocenters. The molecule has 0 aliphatic heterocycles. The summed E-state index contributed by atoms with van der Waals surface area (Å²) in [5, 5.41) is 0. The van der Waals surface area contributed by atoms with Gasteiger partial charge in [0.1, 0.15) is 6.61 Å². The van der Waals surface area contributed by atoms with Crippen molar-refractivity contribution in [1.29, 1.82) is 0 Å². The van der Waals surface area contributed by atoms with E-state index in [0.29, 0.717) is 6.42 Å². The highest BCUT2D eigenvalue weighted by Crippen LogP contribution is 2.43. The van der Waals surface area contributed by atoms with Gasteiger partial charge in [-0.1, -0.05) is 396 Å². The second kappa shape index (κ2) is 75.0. The minimum atomic E-state index is -4.39. The molecule has 0 rings (SSSR count). The van der Waals surface area contributed by atoms with E-state index in [1.54, 1.807) is 0 Å². The van der Waals surface area contributed by atoms with Crippen molar-refractivity contribution in [2.24, 2.45) is 5.73 Å². The highest BCUT2D eigenvalue weighted by molar-refractivity contribution is 7.47. The van der Waals surface area contributed by atoms with Gasteiger partial charge in [-0.2, -0.15) is 0 Å². The van der Waals surface area contributed by atoms with E-state index < -0.39 is 26.5 Å². The first-order valence-corrected chi connectivity index (χ1v) is 40.6. The summed E-state index contributed by atoms with van der Waals surface area (Å²) in [6, 6.07) is 0. The van der Waals surface area contributed by atoms with Gasteiger partial charge in [0.2, 0.25) is 0 Å². The van der Waals surface area contributed by atoms with E-state index in [1.807, 2.05) is 0 Å². The molecule has 0 saturated carbocycles. The fourth-order valence-corrected chi connectivity index (χ4v) is 12.8. The molecule has 0 aliphatic carbocycles. The third kappa shape index (κ3) is 74.9. The number of phosphoric acid groups is 1. The maximum Gasteiger partial charge on any atom is 0.472 e. The summed E-state index contributed by atoms with van der Waals surface area (Å²) in [6.07, 6.45) is 96.9. The van der Waals surface area contributed by atoms with Gasteiger partial charge in [0.05, 0.1) is 13.2 Å². The van der Waals surface area contributed by atoms with Crippen molar-refractivity contribution >= 4 is 19.8 Å². The molecule has 524 valence electrons. The molecule has 0 saturated heterocycles. The van der Waals surface area contributed by atoms with Crippen LogP contribution in [0.15, 0.2) is 48.6 Å². The molecule has 9 nitrogen and oxygen atoms in total. The lowest BCUT2D eigenvalue weighted by Gasteiger charge is -2.19. The van der Waals surface area contributed by atoms with Gasteiger partial charge in [0.25, 0.3) is 0 Å². The maximum atomic E-state index is 12.8. The van der Waals surface area contributed by atoms with Crippen LogP contribution >= 0.6 is 7.82 Å². The summed E-state index contributed by atoms with van der Waals surface area (Å²) in [4.78, 5) is 35.4. The Morgan fingerprint density at radius 3 is 0.921 bits per heavy atom. The van der Waals surface area contributed by atoms with Crippen molar-refractivity contribution in [3.63, 3.8) is 0 Å². The third-order valence-electron chi connectivity index (χ3n) is 17.7. The first kappa shape index (κ1) is 87.0. The number of nitrogens with two attached hydrogens (primary N) is 1. The zero-order valence-corrected chi connectivity index (χ0v) is 60.1. The molecule has 0 aromatic rings. The van der Waals surface area contributed by atoms with E-state index in [-0.39, 0.29) is 38.6 Å². The highest BCUT2D eigenvalue weighted by atomic mass is 31.2. The molecule has 0 heterocycles. The average Bonchev–Trinajstić information content (AvgIpc) is 3.64. The Kier molecular flexibility index (Phi) is 73.3. The van der Waals surface area contributed by atoms with Crippen molar-refractivity contribution in [3.05, 3.63) is 48.6 Å². The van der Waals surface area contributed by atoms with E-state index in [1.165, 1.54) is 315 Å². The Morgan fingerprint density at radius 2 is 0.618 bits per heavy atom. The fraction of sp³-hybridized carbons (Fsp3) is 0.873. The summed E-state index contributed by atoms with van der Waals surface area (Å²) < 4.78 is 33.2. The number of phosphoric ester groups is 1. The SMILES string of the molecule is CC/C=C\C/C=C\C/C=C\C/C=C\CCCCCCCCCCCCCCCCC(=O)OC(COC(=O)CCCCCCCCCCCCCCCCCCCCCCCCCCCCCCCCCCCCCCCCCCC)COP(=O)(O)OCCN. The number of allylic oxidation sites excluding steroid dienone is 8. The van der Waals surface area contributed by atoms with Crippen LogP contribution in [0.2, 0.25) is 0 Å². The van der Waals surface area contributed by atoms with Crippen LogP contribution in [0.1, 0.15) is 412 Å². The van der Waals surface area contributed by atoms with Gasteiger partial charge in [0.15, 0.2) is 6.10 Å². The summed E-state index contributed by atoms with van der Waals surface area (Å²) in [5.41, 5.74) is 5.41. The lowest BCUT2D eigenvalue weighted by molar-refractivity contribution is -0.161. The lowest BCUT2D eigenvalue weighted by Crippen LogP contribution is -2.29. The van der Waals surface area contributed by atoms with Crippen molar-refractivity contribution < 1.29 is 37.6 Å². The van der Waals surface area contributed by atoms with Gasteiger partial charge in [-0.05, 0) is 51.4 Å². The molecule has 0 aromatic heterocycles. The zero-order valence-electron chi connectivity index (χ0n) is 59.2. The van der Waals surface area contributed by atoms with Gasteiger partial charge in [-0.25, -0.2) is 4.57 Å². The molecule has 0 aliphatic rings. The predicted octanol–water partition coefficient (Wildman–Crippen LogP) is 26.0. The predicted molar refractivity (Wildman–Crippen MR) is 386 cm³/mol. The molecule has 0 spiro atoms. The van der Waals surface area contributed by atoms with Crippen LogP contribution in [0.25, 0.3) is 0 Å². The Morgan fingerprint density at radius 1 is 0.348 bits per heavy atom. The van der Waals surface area contributed by atoms with Gasteiger partial charge >= 0.3 is 19.8 Å². The molecule has 10 heteroatoms. The van der Waals surface area contributed by atoms with Crippen LogP contribution in [-0.4, -0.2) is 49.3 Å². The molecule has 0 bridgehead atoms. The number of esters is 2. The van der Waals surface area contributed by atoms with Gasteiger partial charge in [-0.15, -0.1) is 0 Å². The zero-order chi connectivity index (χ0) is 64.4. The molecule has 2 atom stereocenters. The highest BCUT2D eigenvalue weighted by Gasteiger charge is 2.26. The first-order chi connectivity index (χ1) is 43.8. The van der Waals surface area contributed by atoms with Crippen LogP contribution in [0.4, 0.5) is 0 Å². The largest absolute Gasteiger partial charge is 0.472 e. The molecular weight excluding hydrogens is 1120 g/mol. The molecule has 89 heavy (non-hydrogen) atoms. The van der Waals surface area contributed by atoms with E-state index in [4.69, 9.17) is 24.3 Å². The van der Waals surface area contributed by atoms with Crippen LogP contribution in [-0.2, 0) is 32.7 Å². The van der Waals surface area contributed by atoms with Gasteiger partial charge in [0, 0.05) is 19.4 Å². The molecule has 0 radical (unpaired) electrons. The summed E-state index contributed by atoms with van der Waals surface area (Å²) in [7, 11) is -4.39. The summed E-state index contributed by atoms with van der Waals surface area (Å²) in [5.74, 6) is -0.808. The quantitative estimate of drug-likeness (QED) is 0.0264. The molecule has 0 aromatic carbocycles. The topological polar surface area (TPSA) is 134 Å². The normalized spacial score (nSPS) is 13.1. The molecule has 0 amide bonds. The minimum Gasteiger partial charge on any atom is -0.462 e. The van der Waals surface area contributed by atoms with E-state index in [2.05, 4.69) is 62.5 Å². The molecule has 3 N–H and O–H groups in total. The Labute approximate surface area is 553 Å². The number of unbranched alkanes of at least 4 members (excludes halogenated alkanes) is 54. The number of hydrogen-bond donors (Lipinski definition) is 2. The maximum absolute atomic E-state index is 12.8. The Bertz CT molecular complexity index is 1600. The first-order valence-electron chi connectivity index (χ1n) is 39.1. The summed E-state index contributed by atoms with van der Waals surface area (Å²) >= 11 is 0. The second-order valence-corrected chi connectivity index (χ2v) is 28.0. The van der Waals surface area contributed by atoms with Gasteiger partial charge in [-0.3, -0.25) is 18.6 Å². The average molecular weight is 1270 g/mol. The number of ether oxygens (including phenoxy) is 2. The van der Waals surface area contributed by atoms with Gasteiger partial charge < -0.3 is 20.1 Å². The van der Waals surface area contributed by atoms with E-state index in [9.17, 15) is 19.0 Å². The Hall–Kier alpha value is -2.03. The third-order valence-corrected chi connectivity index (χ3v) is 18.7. The lowest BCUT2D eigenvalue weighted by atomic mass is 10.0. The summed E-state index contributed by atoms with van der Waals surface area (Å²) in [6.45, 7) is 3.71. The number of carbonyl (C=O) groups excluding carboxylic acids is 2. The van der Waals surface area contributed by atoms with Crippen molar-refractivity contribution in [1.82, 2.24) is 0 Å². The standard InChI is InChI=1S/C79H150NO8P/c1-3-5-7-9-11-13-15-17-19-21-23-25-27-29-31-32-33-34-35-36-37-38-39-40-41-42-43-44-46-47-49-51-53-55-57-59-61-63-65-67-69-71-78(81)85-75-77(76-87-89(83,84)86-74-73-80)88-79(82)72-70-68-66-64-62-60-58-56-54-52-50-48-45-30-28-26-24-22-20-18-16-14-12-10-8-6-4-2/h6,8,12,14,18,20,24,26,77H,3-5,7,9-11,13,15-17,19,21-23,25,27-76,80H2,1-2H3,(H,83,84)/b8-6-,14-12-,20-18-,26-24-. The smallest absolute Gasteiger partial charge is 0.462 e. The number of hydrogen-bond acceptors (Lipinski definition) is 8. The number of rotatable bonds is 75. The fourth-order valence-electron chi connectivity index (χ4n) is 12.0. The second-order valence-electron chi connectivity index (χ2n) is 26.6. The van der Waals surface area contributed by atoms with E-state index >= 15 is 0 Å².